The summed E-state index contributed by atoms with van der Waals surface area (Å²) in [6.07, 6.45) is 1.54. The molecule has 0 unspecified atom stereocenters. The van der Waals surface area contributed by atoms with E-state index in [1.807, 2.05) is 0 Å². The van der Waals surface area contributed by atoms with Crippen molar-refractivity contribution in [1.82, 2.24) is 0 Å². The van der Waals surface area contributed by atoms with Gasteiger partial charge in [0.05, 0.1) is 5.55 Å². The summed E-state index contributed by atoms with van der Waals surface area (Å²) in [6.45, 7) is 5.14. The van der Waals surface area contributed by atoms with Crippen LogP contribution in [-0.4, -0.2) is 11.3 Å². The van der Waals surface area contributed by atoms with Crippen molar-refractivity contribution in [1.29, 1.82) is 0 Å². The minimum atomic E-state index is 0.941. The Morgan fingerprint density at radius 3 is 3.14 bits per heavy atom. The van der Waals surface area contributed by atoms with E-state index in [9.17, 15) is 0 Å². The first-order valence-electron chi connectivity index (χ1n) is 1.98. The Balaban J connectivity index is 2.59. The molecule has 0 aromatic rings. The number of aliphatic imine (C=N–C) groups is 1. The van der Waals surface area contributed by atoms with Gasteiger partial charge in [-0.15, -0.1) is 11.8 Å². The lowest BCUT2D eigenvalue weighted by molar-refractivity contribution is 1.36. The molecule has 1 nitrogen and oxygen atoms in total. The predicted molar refractivity (Wildman–Crippen MR) is 33.3 cm³/mol. The zero-order valence-corrected chi connectivity index (χ0v) is 4.61. The minimum Gasteiger partial charge on any atom is -0.254 e. The molecule has 0 saturated heterocycles. The van der Waals surface area contributed by atoms with Crippen LogP contribution in [0.15, 0.2) is 16.8 Å². The molecule has 7 heavy (non-hydrogen) atoms. The van der Waals surface area contributed by atoms with Gasteiger partial charge < -0.3 is 0 Å². The second-order valence-corrected chi connectivity index (χ2v) is 2.04. The van der Waals surface area contributed by atoms with Crippen molar-refractivity contribution < 1.29 is 0 Å². The van der Waals surface area contributed by atoms with E-state index in [1.54, 1.807) is 17.3 Å². The van der Waals surface area contributed by atoms with Crippen LogP contribution >= 0.6 is 11.8 Å². The van der Waals surface area contributed by atoms with Gasteiger partial charge in [0.25, 0.3) is 0 Å². The van der Waals surface area contributed by atoms with Crippen LogP contribution in [0.4, 0.5) is 0 Å². The van der Waals surface area contributed by atoms with E-state index in [-0.39, 0.29) is 0 Å². The van der Waals surface area contributed by atoms with Gasteiger partial charge >= 0.3 is 0 Å². The van der Waals surface area contributed by atoms with Gasteiger partial charge in [0.1, 0.15) is 0 Å². The lowest BCUT2D eigenvalue weighted by atomic mass is 10.5. The van der Waals surface area contributed by atoms with Crippen molar-refractivity contribution in [2.75, 3.05) is 5.75 Å². The van der Waals surface area contributed by atoms with Crippen LogP contribution in [0.3, 0.4) is 0 Å². The van der Waals surface area contributed by atoms with Gasteiger partial charge in [-0.3, -0.25) is 4.99 Å². The average molecular weight is 111 g/mol. The summed E-state index contributed by atoms with van der Waals surface area (Å²) < 4.78 is 0. The normalized spacial score (nSPS) is 24.4. The highest BCUT2D eigenvalue weighted by molar-refractivity contribution is 8.12. The largest absolute Gasteiger partial charge is 0.254 e. The zero-order valence-electron chi connectivity index (χ0n) is 3.79. The number of nitrogens with zero attached hydrogens (tertiary/aromatic N) is 1. The summed E-state index contributed by atoms with van der Waals surface area (Å²) >= 11 is 1.67. The maximum atomic E-state index is 5.14. The Morgan fingerprint density at radius 2 is 2.86 bits per heavy atom. The molecule has 1 rings (SSSR count). The highest BCUT2D eigenvalue weighted by Crippen LogP contribution is 2.13. The van der Waals surface area contributed by atoms with Crippen molar-refractivity contribution in [3.05, 3.63) is 18.7 Å². The summed E-state index contributed by atoms with van der Waals surface area (Å²) in [5.41, 5.74) is 2.78. The maximum Gasteiger partial charge on any atom is 0.0604 e. The summed E-state index contributed by atoms with van der Waals surface area (Å²) in [5.74, 6) is 0.941. The molecule has 2 radical (unpaired) electrons. The third-order valence-corrected chi connectivity index (χ3v) is 1.43. The lowest BCUT2D eigenvalue weighted by Gasteiger charge is -1.81. The molecule has 0 bridgehead atoms. The molecule has 0 N–H and O–H groups in total. The number of rotatable bonds is 0. The fourth-order valence-electron chi connectivity index (χ4n) is 0.356. The molecule has 0 spiro atoms. The van der Waals surface area contributed by atoms with Gasteiger partial charge in [0.2, 0.25) is 0 Å². The molecular formula is C5H5NS. The van der Waals surface area contributed by atoms with Crippen LogP contribution < -0.4 is 0 Å². The summed E-state index contributed by atoms with van der Waals surface area (Å²) in [4.78, 5) is 3.93. The average Bonchev–Trinajstić information content (AvgIpc) is 2.14. The third-order valence-electron chi connectivity index (χ3n) is 0.717. The molecule has 2 heteroatoms. The first-order chi connectivity index (χ1) is 3.43. The first kappa shape index (κ1) is 4.91. The van der Waals surface area contributed by atoms with E-state index in [2.05, 4.69) is 4.99 Å². The fraction of sp³-hybridized carbons (Fsp3) is 0.200. The molecule has 1 heterocycles. The first-order valence-corrected chi connectivity index (χ1v) is 3.03. The van der Waals surface area contributed by atoms with Gasteiger partial charge in [-0.2, -0.15) is 0 Å². The molecule has 0 amide bonds. The molecule has 36 valence electrons. The molecule has 0 fully saturated rings. The van der Waals surface area contributed by atoms with Crippen molar-refractivity contribution >= 4 is 17.3 Å². The number of hydrogen-bond acceptors (Lipinski definition) is 2. The van der Waals surface area contributed by atoms with Crippen LogP contribution in [0, 0.1) is 6.92 Å². The molecule has 0 aromatic heterocycles. The van der Waals surface area contributed by atoms with E-state index in [0.29, 0.717) is 0 Å². The van der Waals surface area contributed by atoms with Gasteiger partial charge in [-0.05, 0) is 6.92 Å². The van der Waals surface area contributed by atoms with Crippen molar-refractivity contribution in [2.24, 2.45) is 4.99 Å². The molecule has 0 saturated carbocycles. The Kier molecular flexibility index (Phi) is 1.52. The number of thioether (sulfide) groups is 1. The fourth-order valence-corrected chi connectivity index (χ4v) is 0.982. The van der Waals surface area contributed by atoms with Crippen LogP contribution in [0.25, 0.3) is 0 Å². The van der Waals surface area contributed by atoms with Crippen LogP contribution in [0.5, 0.6) is 0 Å². The van der Waals surface area contributed by atoms with Crippen molar-refractivity contribution in [3.63, 3.8) is 0 Å². The highest BCUT2D eigenvalue weighted by atomic mass is 32.2. The SMILES string of the molecule is [CH]/C=C1\CSC=N1. The van der Waals surface area contributed by atoms with Gasteiger partial charge in [-0.25, -0.2) is 0 Å². The Labute approximate surface area is 47.5 Å². The smallest absolute Gasteiger partial charge is 0.0604 e. The lowest BCUT2D eigenvalue weighted by Crippen LogP contribution is -1.70. The van der Waals surface area contributed by atoms with E-state index >= 15 is 0 Å². The van der Waals surface area contributed by atoms with E-state index in [0.717, 1.165) is 11.4 Å². The van der Waals surface area contributed by atoms with Crippen molar-refractivity contribution in [3.8, 4) is 0 Å². The Morgan fingerprint density at radius 1 is 2.00 bits per heavy atom. The van der Waals surface area contributed by atoms with Gasteiger partial charge in [0, 0.05) is 11.4 Å². The molecule has 1 aliphatic rings. The predicted octanol–water partition coefficient (Wildman–Crippen LogP) is 1.36. The Bertz CT molecular complexity index is 112. The molecule has 1 aliphatic heterocycles. The number of hydrogen-bond donors (Lipinski definition) is 0. The van der Waals surface area contributed by atoms with E-state index < -0.39 is 0 Å². The molecule has 0 aliphatic carbocycles. The summed E-state index contributed by atoms with van der Waals surface area (Å²) in [6, 6.07) is 0. The zero-order chi connectivity index (χ0) is 5.11. The van der Waals surface area contributed by atoms with Gasteiger partial charge in [-0.1, -0.05) is 6.08 Å². The molecule has 0 aromatic carbocycles. The third kappa shape index (κ3) is 1.06. The van der Waals surface area contributed by atoms with Crippen LogP contribution in [0.1, 0.15) is 0 Å². The van der Waals surface area contributed by atoms with Crippen LogP contribution in [0.2, 0.25) is 0 Å². The summed E-state index contributed by atoms with van der Waals surface area (Å²) in [7, 11) is 0. The van der Waals surface area contributed by atoms with E-state index in [1.165, 1.54) is 6.08 Å². The van der Waals surface area contributed by atoms with Crippen molar-refractivity contribution in [2.45, 2.75) is 0 Å². The standard InChI is InChI=1S/C5H5NS/c1-2-5-3-7-4-6-5/h1-2,4H,3H2/b5-2+. The van der Waals surface area contributed by atoms with E-state index in [4.69, 9.17) is 6.92 Å². The second kappa shape index (κ2) is 2.17. The summed E-state index contributed by atoms with van der Waals surface area (Å²) in [5, 5.41) is 0. The molecule has 0 atom stereocenters. The highest BCUT2D eigenvalue weighted by Gasteiger charge is 1.96. The maximum absolute atomic E-state index is 5.14. The topological polar surface area (TPSA) is 12.4 Å². The van der Waals surface area contributed by atoms with Gasteiger partial charge in [0.15, 0.2) is 0 Å². The molecular weight excluding hydrogens is 106 g/mol. The minimum absolute atomic E-state index is 0.941. The Hall–Kier alpha value is -0.240. The van der Waals surface area contributed by atoms with Crippen LogP contribution in [-0.2, 0) is 0 Å². The second-order valence-electron chi connectivity index (χ2n) is 1.20. The monoisotopic (exact) mass is 111 g/mol. The number of allylic oxidation sites excluding steroid dienone is 1. The quantitative estimate of drug-likeness (QED) is 0.459.